The first kappa shape index (κ1) is 31.3. The second-order valence-corrected chi connectivity index (χ2v) is 14.8. The van der Waals surface area contributed by atoms with Crippen molar-refractivity contribution in [3.63, 3.8) is 0 Å². The van der Waals surface area contributed by atoms with Crippen molar-refractivity contribution >= 4 is 34.4 Å². The standard InChI is InChI=1S/C26H43BN4O7S/c1-17(2)20(30-23(33)36-24(3,4)5)21(32)31-12-10-11-18(15-31)16-39(34,35)22-28-13-19(14-29-22)27-37-25(6,7)26(8,9)38-27/h13-14,17-18,20H,10-12,15-16H2,1-9H3,(H,30,33)/t18-,20-/m0/s1. The van der Waals surface area contributed by atoms with Crippen LogP contribution in [0.3, 0.4) is 0 Å². The number of carbonyl (C=O) groups excluding carboxylic acids is 2. The number of nitrogens with one attached hydrogen (secondary N) is 1. The van der Waals surface area contributed by atoms with Crippen LogP contribution in [0.4, 0.5) is 4.79 Å². The quantitative estimate of drug-likeness (QED) is 0.389. The number of hydrogen-bond acceptors (Lipinski definition) is 9. The number of sulfone groups is 1. The SMILES string of the molecule is CC(C)[C@H](NC(=O)OC(C)(C)C)C(=O)N1CCC[C@H](CS(=O)(=O)c2ncc(B3OC(C)(C)C(C)(C)O3)cn2)C1. The number of nitrogens with zero attached hydrogens (tertiary/aromatic N) is 3. The van der Waals surface area contributed by atoms with Crippen LogP contribution in [0.2, 0.25) is 0 Å². The van der Waals surface area contributed by atoms with Crippen molar-refractivity contribution in [2.45, 2.75) is 103 Å². The minimum Gasteiger partial charge on any atom is -0.444 e. The van der Waals surface area contributed by atoms with Crippen LogP contribution in [-0.2, 0) is 28.7 Å². The molecule has 11 nitrogen and oxygen atoms in total. The zero-order valence-electron chi connectivity index (χ0n) is 24.6. The zero-order chi connectivity index (χ0) is 29.4. The maximum Gasteiger partial charge on any atom is 0.498 e. The van der Waals surface area contributed by atoms with Gasteiger partial charge in [0.25, 0.3) is 0 Å². The fourth-order valence-electron chi connectivity index (χ4n) is 4.52. The first-order valence-corrected chi connectivity index (χ1v) is 15.2. The molecule has 1 aromatic heterocycles. The van der Waals surface area contributed by atoms with Crippen molar-refractivity contribution in [2.75, 3.05) is 18.8 Å². The van der Waals surface area contributed by atoms with E-state index in [1.807, 2.05) is 41.5 Å². The predicted molar refractivity (Wildman–Crippen MR) is 147 cm³/mol. The summed E-state index contributed by atoms with van der Waals surface area (Å²) in [5, 5.41) is 2.42. The molecule has 13 heteroatoms. The fraction of sp³-hybridized carbons (Fsp3) is 0.769. The Labute approximate surface area is 232 Å². The normalized spacial score (nSPS) is 22.1. The molecule has 2 aliphatic heterocycles. The Hall–Kier alpha value is -2.25. The number of aromatic nitrogens is 2. The summed E-state index contributed by atoms with van der Waals surface area (Å²) in [4.78, 5) is 35.5. The van der Waals surface area contributed by atoms with Crippen LogP contribution in [0, 0.1) is 11.8 Å². The summed E-state index contributed by atoms with van der Waals surface area (Å²) in [5.74, 6) is -0.891. The van der Waals surface area contributed by atoms with Gasteiger partial charge in [0, 0.05) is 30.9 Å². The van der Waals surface area contributed by atoms with Gasteiger partial charge in [-0.25, -0.2) is 23.2 Å². The number of carbonyl (C=O) groups is 2. The molecule has 2 atom stereocenters. The molecule has 3 heterocycles. The Bertz CT molecular complexity index is 1130. The van der Waals surface area contributed by atoms with Gasteiger partial charge in [0.05, 0.1) is 17.0 Å². The molecule has 2 aliphatic rings. The van der Waals surface area contributed by atoms with Gasteiger partial charge in [0.1, 0.15) is 11.6 Å². The van der Waals surface area contributed by atoms with E-state index in [0.29, 0.717) is 24.8 Å². The van der Waals surface area contributed by atoms with E-state index in [4.69, 9.17) is 14.0 Å². The van der Waals surface area contributed by atoms with E-state index in [-0.39, 0.29) is 35.2 Å². The van der Waals surface area contributed by atoms with Crippen LogP contribution < -0.4 is 10.8 Å². The average molecular weight is 567 g/mol. The zero-order valence-corrected chi connectivity index (χ0v) is 25.4. The maximum absolute atomic E-state index is 13.3. The fourth-order valence-corrected chi connectivity index (χ4v) is 5.99. The molecule has 1 aromatic rings. The van der Waals surface area contributed by atoms with Crippen molar-refractivity contribution in [3.8, 4) is 0 Å². The van der Waals surface area contributed by atoms with Gasteiger partial charge in [-0.3, -0.25) is 4.79 Å². The van der Waals surface area contributed by atoms with E-state index in [1.165, 1.54) is 12.4 Å². The minimum absolute atomic E-state index is 0.176. The molecule has 0 radical (unpaired) electrons. The lowest BCUT2D eigenvalue weighted by molar-refractivity contribution is -0.136. The number of amides is 2. The molecule has 218 valence electrons. The van der Waals surface area contributed by atoms with Crippen LogP contribution >= 0.6 is 0 Å². The monoisotopic (exact) mass is 566 g/mol. The molecule has 2 amide bonds. The van der Waals surface area contributed by atoms with Crippen molar-refractivity contribution < 1.29 is 32.1 Å². The topological polar surface area (TPSA) is 137 Å². The summed E-state index contributed by atoms with van der Waals surface area (Å²) in [6, 6.07) is -0.777. The molecule has 0 unspecified atom stereocenters. The van der Waals surface area contributed by atoms with Crippen LogP contribution in [0.1, 0.15) is 75.2 Å². The van der Waals surface area contributed by atoms with Crippen molar-refractivity contribution in [1.82, 2.24) is 20.2 Å². The Balaban J connectivity index is 1.65. The van der Waals surface area contributed by atoms with Crippen LogP contribution in [0.25, 0.3) is 0 Å². The molecule has 0 aliphatic carbocycles. The summed E-state index contributed by atoms with van der Waals surface area (Å²) in [6.45, 7) is 17.4. The molecular formula is C26H43BN4O7S. The number of piperidine rings is 1. The van der Waals surface area contributed by atoms with Gasteiger partial charge in [-0.05, 0) is 73.1 Å². The van der Waals surface area contributed by atoms with Gasteiger partial charge >= 0.3 is 13.2 Å². The highest BCUT2D eigenvalue weighted by Gasteiger charge is 2.52. The maximum atomic E-state index is 13.3. The van der Waals surface area contributed by atoms with Crippen LogP contribution in [-0.4, -0.2) is 84.1 Å². The Kier molecular flexibility index (Phi) is 9.08. The molecule has 0 aromatic carbocycles. The number of likely N-dealkylation sites (tertiary alicyclic amines) is 1. The van der Waals surface area contributed by atoms with Gasteiger partial charge < -0.3 is 24.3 Å². The molecule has 0 bridgehead atoms. The Morgan fingerprint density at radius 2 is 1.72 bits per heavy atom. The molecule has 1 N–H and O–H groups in total. The van der Waals surface area contributed by atoms with Gasteiger partial charge in [0.15, 0.2) is 0 Å². The summed E-state index contributed by atoms with van der Waals surface area (Å²) in [6.07, 6.45) is 3.50. The molecule has 2 fully saturated rings. The molecule has 0 saturated carbocycles. The highest BCUT2D eigenvalue weighted by molar-refractivity contribution is 7.91. The highest BCUT2D eigenvalue weighted by Crippen LogP contribution is 2.36. The van der Waals surface area contributed by atoms with E-state index in [2.05, 4.69) is 15.3 Å². The minimum atomic E-state index is -3.80. The Morgan fingerprint density at radius 3 is 2.23 bits per heavy atom. The van der Waals surface area contributed by atoms with E-state index >= 15 is 0 Å². The number of hydrogen-bond donors (Lipinski definition) is 1. The van der Waals surface area contributed by atoms with Gasteiger partial charge in [0.2, 0.25) is 20.9 Å². The first-order chi connectivity index (χ1) is 17.8. The van der Waals surface area contributed by atoms with E-state index in [0.717, 1.165) is 0 Å². The lowest BCUT2D eigenvalue weighted by Gasteiger charge is -2.36. The van der Waals surface area contributed by atoms with Crippen LogP contribution in [0.15, 0.2) is 17.6 Å². The van der Waals surface area contributed by atoms with Crippen molar-refractivity contribution in [3.05, 3.63) is 12.4 Å². The predicted octanol–water partition coefficient (Wildman–Crippen LogP) is 2.34. The number of alkyl carbamates (subject to hydrolysis) is 1. The lowest BCUT2D eigenvalue weighted by Crippen LogP contribution is -2.54. The number of rotatable bonds is 7. The third kappa shape index (κ3) is 7.70. The van der Waals surface area contributed by atoms with E-state index < -0.39 is 45.9 Å². The second-order valence-electron chi connectivity index (χ2n) is 12.8. The lowest BCUT2D eigenvalue weighted by atomic mass is 9.81. The summed E-state index contributed by atoms with van der Waals surface area (Å²) < 4.78 is 43.7. The molecule has 39 heavy (non-hydrogen) atoms. The van der Waals surface area contributed by atoms with Crippen molar-refractivity contribution in [2.24, 2.45) is 11.8 Å². The smallest absolute Gasteiger partial charge is 0.444 e. The summed E-state index contributed by atoms with van der Waals surface area (Å²) in [5.41, 5.74) is -1.23. The third-order valence-electron chi connectivity index (χ3n) is 7.34. The van der Waals surface area contributed by atoms with Gasteiger partial charge in [-0.15, -0.1) is 0 Å². The first-order valence-electron chi connectivity index (χ1n) is 13.5. The largest absolute Gasteiger partial charge is 0.498 e. The number of ether oxygens (including phenoxy) is 1. The Morgan fingerprint density at radius 1 is 1.15 bits per heavy atom. The summed E-state index contributed by atoms with van der Waals surface area (Å²) in [7, 11) is -4.49. The van der Waals surface area contributed by atoms with Gasteiger partial charge in [-0.1, -0.05) is 13.8 Å². The average Bonchev–Trinajstić information content (AvgIpc) is 3.02. The van der Waals surface area contributed by atoms with Crippen LogP contribution in [0.5, 0.6) is 0 Å². The van der Waals surface area contributed by atoms with Crippen molar-refractivity contribution in [1.29, 1.82) is 0 Å². The molecule has 0 spiro atoms. The van der Waals surface area contributed by atoms with E-state index in [9.17, 15) is 18.0 Å². The van der Waals surface area contributed by atoms with E-state index in [1.54, 1.807) is 25.7 Å². The van der Waals surface area contributed by atoms with Gasteiger partial charge in [-0.2, -0.15) is 0 Å². The third-order valence-corrected chi connectivity index (χ3v) is 9.02. The molecule has 3 rings (SSSR count). The second kappa shape index (κ2) is 11.3. The summed E-state index contributed by atoms with van der Waals surface area (Å²) >= 11 is 0. The molecular weight excluding hydrogens is 523 g/mol. The highest BCUT2D eigenvalue weighted by atomic mass is 32.2. The molecule has 2 saturated heterocycles.